The quantitative estimate of drug-likeness (QED) is 0.447. The lowest BCUT2D eigenvalue weighted by Gasteiger charge is -1.99. The molecule has 2 aromatic heterocycles. The van der Waals surface area contributed by atoms with Crippen molar-refractivity contribution in [2.75, 3.05) is 0 Å². The lowest BCUT2D eigenvalue weighted by molar-refractivity contribution is -0.115. The number of carbonyl (C=O) groups is 1. The topological polar surface area (TPSA) is 144 Å². The van der Waals surface area contributed by atoms with Crippen LogP contribution in [0.1, 0.15) is 28.2 Å². The zero-order chi connectivity index (χ0) is 21.3. The highest BCUT2D eigenvalue weighted by Crippen LogP contribution is 2.20. The van der Waals surface area contributed by atoms with Gasteiger partial charge in [-0.15, -0.1) is 12.6 Å². The number of hydrogen-bond donors (Lipinski definition) is 2. The molecule has 156 valence electrons. The maximum absolute atomic E-state index is 12.1. The SMILES string of the molecule is C.CC.CC(N)=O.O=S(=O)=O.O=c1[nH]c2ccccc2c2nc3ccccc3n12. The number of carbonyl (C=O) groups excluding carboxylic acids is 1. The van der Waals surface area contributed by atoms with Crippen LogP contribution in [0, 0.1) is 0 Å². The van der Waals surface area contributed by atoms with Gasteiger partial charge in [0, 0.05) is 12.3 Å². The molecule has 0 fully saturated rings. The summed E-state index contributed by atoms with van der Waals surface area (Å²) in [5.41, 5.74) is 7.50. The second-order valence-corrected chi connectivity index (χ2v) is 5.46. The maximum atomic E-state index is 12.1. The molecule has 0 unspecified atom stereocenters. The van der Waals surface area contributed by atoms with Crippen molar-refractivity contribution in [2.45, 2.75) is 28.2 Å². The molecule has 0 atom stereocenters. The van der Waals surface area contributed by atoms with Crippen molar-refractivity contribution in [1.29, 1.82) is 0 Å². The molecule has 2 heterocycles. The first kappa shape index (κ1) is 25.5. The summed E-state index contributed by atoms with van der Waals surface area (Å²) in [6.45, 7) is 5.31. The number of nitrogens with one attached hydrogen (secondary N) is 1. The number of amides is 1. The van der Waals surface area contributed by atoms with Gasteiger partial charge < -0.3 is 10.7 Å². The van der Waals surface area contributed by atoms with Crippen molar-refractivity contribution in [1.82, 2.24) is 14.4 Å². The Morgan fingerprint density at radius 1 is 1.03 bits per heavy atom. The summed E-state index contributed by atoms with van der Waals surface area (Å²) in [6, 6.07) is 15.3. The lowest BCUT2D eigenvalue weighted by atomic mass is 10.2. The largest absolute Gasteiger partial charge is 0.425 e. The van der Waals surface area contributed by atoms with Crippen molar-refractivity contribution < 1.29 is 17.4 Å². The first-order valence-corrected chi connectivity index (χ1v) is 9.22. The molecule has 0 saturated carbocycles. The third kappa shape index (κ3) is 6.85. The summed E-state index contributed by atoms with van der Waals surface area (Å²) < 4.78 is 27.0. The zero-order valence-electron chi connectivity index (χ0n) is 15.5. The Hall–Kier alpha value is -3.53. The van der Waals surface area contributed by atoms with Gasteiger partial charge >= 0.3 is 16.3 Å². The molecule has 0 aliphatic carbocycles. The number of fused-ring (bicyclic) bond motifs is 5. The summed E-state index contributed by atoms with van der Waals surface area (Å²) in [7, 11) is -3.11. The van der Waals surface area contributed by atoms with Crippen molar-refractivity contribution in [3.63, 3.8) is 0 Å². The van der Waals surface area contributed by atoms with Crippen LogP contribution in [0.3, 0.4) is 0 Å². The molecule has 0 spiro atoms. The van der Waals surface area contributed by atoms with Crippen LogP contribution in [0.15, 0.2) is 53.3 Å². The Kier molecular flexibility index (Phi) is 10.6. The monoisotopic (exact) mass is 420 g/mol. The highest BCUT2D eigenvalue weighted by atomic mass is 32.2. The van der Waals surface area contributed by atoms with E-state index in [2.05, 4.69) is 15.7 Å². The van der Waals surface area contributed by atoms with E-state index in [1.165, 1.54) is 6.92 Å². The number of aromatic nitrogens is 3. The smallest absolute Gasteiger partial charge is 0.370 e. The average Bonchev–Trinajstić information content (AvgIpc) is 3.03. The van der Waals surface area contributed by atoms with Crippen LogP contribution in [0.5, 0.6) is 0 Å². The first-order valence-electron chi connectivity index (χ1n) is 8.22. The number of hydrogen-bond acceptors (Lipinski definition) is 6. The second kappa shape index (κ2) is 12.0. The fourth-order valence-corrected chi connectivity index (χ4v) is 2.37. The van der Waals surface area contributed by atoms with E-state index in [-0.39, 0.29) is 19.0 Å². The Bertz CT molecular complexity index is 1250. The Morgan fingerprint density at radius 3 is 2.10 bits per heavy atom. The molecule has 0 radical (unpaired) electrons. The van der Waals surface area contributed by atoms with Crippen LogP contribution in [-0.2, 0) is 15.4 Å². The highest BCUT2D eigenvalue weighted by molar-refractivity contribution is 7.59. The summed E-state index contributed by atoms with van der Waals surface area (Å²) in [5, 5.41) is 0.952. The van der Waals surface area contributed by atoms with E-state index in [9.17, 15) is 9.59 Å². The summed E-state index contributed by atoms with van der Waals surface area (Å²) in [4.78, 5) is 28.8. The number of H-pyrrole nitrogens is 1. The molecule has 3 N–H and O–H groups in total. The predicted molar refractivity (Wildman–Crippen MR) is 113 cm³/mol. The van der Waals surface area contributed by atoms with Crippen LogP contribution in [0.4, 0.5) is 0 Å². The van der Waals surface area contributed by atoms with E-state index in [1.807, 2.05) is 62.4 Å². The van der Waals surface area contributed by atoms with Crippen molar-refractivity contribution in [3.8, 4) is 0 Å². The minimum atomic E-state index is -3.11. The second-order valence-electron chi connectivity index (χ2n) is 5.05. The Balaban J connectivity index is 0.000000612. The number of nitrogens with two attached hydrogens (primary N) is 1. The molecule has 0 bridgehead atoms. The number of rotatable bonds is 0. The number of aromatic amines is 1. The molecule has 9 nitrogen and oxygen atoms in total. The van der Waals surface area contributed by atoms with E-state index in [1.54, 1.807) is 4.40 Å². The van der Waals surface area contributed by atoms with Gasteiger partial charge in [0.05, 0.1) is 16.6 Å². The molecule has 0 saturated heterocycles. The summed E-state index contributed by atoms with van der Waals surface area (Å²) in [5.74, 6) is -0.333. The fraction of sp³-hybridized carbons (Fsp3) is 0.211. The van der Waals surface area contributed by atoms with Gasteiger partial charge in [0.2, 0.25) is 5.91 Å². The molecule has 0 aliphatic rings. The predicted octanol–water partition coefficient (Wildman–Crippen LogP) is 2.48. The van der Waals surface area contributed by atoms with Crippen LogP contribution in [0.25, 0.3) is 27.6 Å². The minimum absolute atomic E-state index is 0. The van der Waals surface area contributed by atoms with E-state index in [0.29, 0.717) is 5.65 Å². The van der Waals surface area contributed by atoms with Crippen LogP contribution in [-0.4, -0.2) is 32.9 Å². The minimum Gasteiger partial charge on any atom is -0.370 e. The van der Waals surface area contributed by atoms with E-state index < -0.39 is 10.6 Å². The van der Waals surface area contributed by atoms with Gasteiger partial charge in [-0.1, -0.05) is 45.5 Å². The van der Waals surface area contributed by atoms with Gasteiger partial charge in [-0.2, -0.15) is 0 Å². The number of imidazole rings is 1. The molecule has 0 aliphatic heterocycles. The van der Waals surface area contributed by atoms with Gasteiger partial charge in [-0.05, 0) is 24.3 Å². The van der Waals surface area contributed by atoms with Crippen LogP contribution >= 0.6 is 0 Å². The summed E-state index contributed by atoms with van der Waals surface area (Å²) >= 11 is 0. The number of primary amides is 1. The maximum Gasteiger partial charge on any atom is 0.425 e. The molecule has 29 heavy (non-hydrogen) atoms. The molecular formula is C19H24N4O5S. The molecule has 4 rings (SSSR count). The highest BCUT2D eigenvalue weighted by Gasteiger charge is 2.09. The van der Waals surface area contributed by atoms with Crippen LogP contribution < -0.4 is 11.4 Å². The standard InChI is InChI=1S/C14H9N3O.C2H5NO.C2H6.CH4.O3S/c18-14-16-10-6-2-1-5-9(10)13-15-11-7-3-4-8-12(11)17(13)14;1-2(3)4;1-2;;1-4(2)3/h1-8H,(H,16,18);1H3,(H2,3,4);1-2H3;1H4;. The van der Waals surface area contributed by atoms with Crippen molar-refractivity contribution in [2.24, 2.45) is 5.73 Å². The Labute approximate surface area is 169 Å². The van der Waals surface area contributed by atoms with Gasteiger partial charge in [-0.25, -0.2) is 14.2 Å². The number of benzene rings is 2. The third-order valence-electron chi connectivity index (χ3n) is 3.17. The van der Waals surface area contributed by atoms with Gasteiger partial charge in [0.25, 0.3) is 0 Å². The fourth-order valence-electron chi connectivity index (χ4n) is 2.37. The third-order valence-corrected chi connectivity index (χ3v) is 3.17. The van der Waals surface area contributed by atoms with Gasteiger partial charge in [-0.3, -0.25) is 4.79 Å². The van der Waals surface area contributed by atoms with Gasteiger partial charge in [0.1, 0.15) is 0 Å². The van der Waals surface area contributed by atoms with E-state index >= 15 is 0 Å². The molecule has 2 aromatic carbocycles. The molecule has 4 aromatic rings. The summed E-state index contributed by atoms with van der Waals surface area (Å²) in [6.07, 6.45) is 0. The Morgan fingerprint density at radius 2 is 1.52 bits per heavy atom. The zero-order valence-corrected chi connectivity index (χ0v) is 16.4. The molecule has 1 amide bonds. The van der Waals surface area contributed by atoms with Gasteiger partial charge in [0.15, 0.2) is 5.65 Å². The lowest BCUT2D eigenvalue weighted by Crippen LogP contribution is -2.15. The number of nitrogens with zero attached hydrogens (tertiary/aromatic N) is 2. The number of para-hydroxylation sites is 3. The average molecular weight is 420 g/mol. The van der Waals surface area contributed by atoms with Crippen LogP contribution in [0.2, 0.25) is 0 Å². The molecule has 10 heteroatoms. The molecular weight excluding hydrogens is 396 g/mol. The van der Waals surface area contributed by atoms with E-state index in [0.717, 1.165) is 21.9 Å². The van der Waals surface area contributed by atoms with E-state index in [4.69, 9.17) is 12.6 Å². The first-order chi connectivity index (χ1) is 13.3. The van der Waals surface area contributed by atoms with Crippen molar-refractivity contribution >= 4 is 44.1 Å². The van der Waals surface area contributed by atoms with Crippen molar-refractivity contribution in [3.05, 3.63) is 59.0 Å². The normalized spacial score (nSPS) is 9.07.